The predicted molar refractivity (Wildman–Crippen MR) is 40.9 cm³/mol. The van der Waals surface area contributed by atoms with Gasteiger partial charge in [-0.3, -0.25) is 9.63 Å². The highest BCUT2D eigenvalue weighted by Crippen LogP contribution is 1.98. The van der Waals surface area contributed by atoms with E-state index in [1.54, 1.807) is 14.2 Å². The van der Waals surface area contributed by atoms with Crippen LogP contribution in [-0.2, 0) is 14.4 Å². The van der Waals surface area contributed by atoms with Crippen molar-refractivity contribution < 1.29 is 14.4 Å². The predicted octanol–water partition coefficient (Wildman–Crippen LogP) is 0.431. The average molecular weight is 161 g/mol. The van der Waals surface area contributed by atoms with E-state index in [1.807, 2.05) is 6.92 Å². The fourth-order valence-corrected chi connectivity index (χ4v) is 0.560. The second-order valence-corrected chi connectivity index (χ2v) is 2.32. The molecule has 4 heteroatoms. The van der Waals surface area contributed by atoms with Crippen LogP contribution in [-0.4, -0.2) is 38.3 Å². The number of rotatable bonds is 4. The molecule has 0 saturated heterocycles. The first-order valence-electron chi connectivity index (χ1n) is 3.45. The summed E-state index contributed by atoms with van der Waals surface area (Å²) < 4.78 is 4.91. The number of carbonyl (C=O) groups is 1. The van der Waals surface area contributed by atoms with E-state index in [-0.39, 0.29) is 12.0 Å². The summed E-state index contributed by atoms with van der Waals surface area (Å²) in [5.74, 6) is -0.0816. The van der Waals surface area contributed by atoms with Gasteiger partial charge in [-0.05, 0) is 6.92 Å². The lowest BCUT2D eigenvalue weighted by molar-refractivity contribution is -0.170. The van der Waals surface area contributed by atoms with Crippen molar-refractivity contribution in [3.05, 3.63) is 0 Å². The van der Waals surface area contributed by atoms with E-state index in [0.717, 1.165) is 0 Å². The second-order valence-electron chi connectivity index (χ2n) is 2.32. The lowest BCUT2D eigenvalue weighted by Gasteiger charge is -2.15. The summed E-state index contributed by atoms with van der Waals surface area (Å²) in [5.41, 5.74) is 0. The van der Waals surface area contributed by atoms with Gasteiger partial charge in [-0.2, -0.15) is 0 Å². The van der Waals surface area contributed by atoms with Crippen LogP contribution in [0.25, 0.3) is 0 Å². The molecule has 0 aromatic rings. The van der Waals surface area contributed by atoms with Crippen LogP contribution in [0.1, 0.15) is 13.3 Å². The molecule has 1 atom stereocenters. The minimum absolute atomic E-state index is 0.0555. The van der Waals surface area contributed by atoms with Crippen molar-refractivity contribution in [2.24, 2.45) is 0 Å². The Morgan fingerprint density at radius 1 is 1.55 bits per heavy atom. The van der Waals surface area contributed by atoms with E-state index in [2.05, 4.69) is 4.84 Å². The van der Waals surface area contributed by atoms with Crippen LogP contribution in [0.2, 0.25) is 0 Å². The molecule has 1 unspecified atom stereocenters. The zero-order chi connectivity index (χ0) is 8.85. The van der Waals surface area contributed by atoms with E-state index in [0.29, 0.717) is 6.42 Å². The number of carbonyl (C=O) groups excluding carboxylic acids is 1. The van der Waals surface area contributed by atoms with E-state index >= 15 is 0 Å². The maximum atomic E-state index is 11.1. The van der Waals surface area contributed by atoms with E-state index < -0.39 is 0 Å². The highest BCUT2D eigenvalue weighted by molar-refractivity contribution is 5.75. The molecule has 0 spiro atoms. The summed E-state index contributed by atoms with van der Waals surface area (Å²) in [6.07, 6.45) is 0.293. The molecule has 1 amide bonds. The summed E-state index contributed by atoms with van der Waals surface area (Å²) >= 11 is 0. The minimum atomic E-state index is -0.0816. The highest BCUT2D eigenvalue weighted by atomic mass is 16.7. The van der Waals surface area contributed by atoms with Crippen molar-refractivity contribution >= 4 is 5.91 Å². The number of methoxy groups -OCH3 is 1. The lowest BCUT2D eigenvalue weighted by atomic mass is 10.3. The quantitative estimate of drug-likeness (QED) is 0.561. The molecular weight excluding hydrogens is 146 g/mol. The number of hydroxylamine groups is 2. The number of nitrogens with zero attached hydrogens (tertiary/aromatic N) is 1. The molecule has 11 heavy (non-hydrogen) atoms. The Kier molecular flexibility index (Phi) is 4.81. The molecule has 4 nitrogen and oxygen atoms in total. The maximum Gasteiger partial charge on any atom is 0.248 e. The Labute approximate surface area is 67.0 Å². The lowest BCUT2D eigenvalue weighted by Crippen LogP contribution is -2.28. The third kappa shape index (κ3) is 3.95. The topological polar surface area (TPSA) is 38.8 Å². The first kappa shape index (κ1) is 10.4. The molecule has 0 aliphatic rings. The van der Waals surface area contributed by atoms with Crippen LogP contribution in [0.15, 0.2) is 0 Å². The smallest absolute Gasteiger partial charge is 0.248 e. The summed E-state index contributed by atoms with van der Waals surface area (Å²) in [6, 6.07) is 0. The van der Waals surface area contributed by atoms with Crippen LogP contribution in [0, 0.1) is 0 Å². The molecular formula is C7H15NO3. The molecule has 0 heterocycles. The summed E-state index contributed by atoms with van der Waals surface area (Å²) in [6.45, 7) is 1.83. The van der Waals surface area contributed by atoms with E-state index in [9.17, 15) is 4.79 Å². The maximum absolute atomic E-state index is 11.1. The van der Waals surface area contributed by atoms with Crippen molar-refractivity contribution in [3.8, 4) is 0 Å². The van der Waals surface area contributed by atoms with Crippen molar-refractivity contribution in [3.63, 3.8) is 0 Å². The molecule has 0 rings (SSSR count). The van der Waals surface area contributed by atoms with Gasteiger partial charge in [-0.25, -0.2) is 5.06 Å². The highest BCUT2D eigenvalue weighted by Gasteiger charge is 2.11. The van der Waals surface area contributed by atoms with Gasteiger partial charge in [0.05, 0.1) is 19.6 Å². The monoisotopic (exact) mass is 161 g/mol. The fraction of sp³-hybridized carbons (Fsp3) is 0.857. The van der Waals surface area contributed by atoms with Crippen LogP contribution < -0.4 is 0 Å². The first-order chi connectivity index (χ1) is 5.11. The van der Waals surface area contributed by atoms with Crippen LogP contribution in [0.5, 0.6) is 0 Å². The van der Waals surface area contributed by atoms with Crippen LogP contribution in [0.3, 0.4) is 0 Å². The van der Waals surface area contributed by atoms with Gasteiger partial charge in [0, 0.05) is 14.2 Å². The molecule has 0 fully saturated rings. The van der Waals surface area contributed by atoms with Crippen molar-refractivity contribution in [2.45, 2.75) is 19.4 Å². The third-order valence-corrected chi connectivity index (χ3v) is 1.49. The largest absolute Gasteiger partial charge is 0.381 e. The Bertz CT molecular complexity index is 127. The van der Waals surface area contributed by atoms with Gasteiger partial charge in [-0.15, -0.1) is 0 Å². The molecule has 0 bridgehead atoms. The molecule has 0 saturated carbocycles. The second kappa shape index (κ2) is 5.09. The zero-order valence-electron chi connectivity index (χ0n) is 7.46. The van der Waals surface area contributed by atoms with Crippen LogP contribution >= 0.6 is 0 Å². The van der Waals surface area contributed by atoms with Crippen LogP contribution in [0.4, 0.5) is 0 Å². The van der Waals surface area contributed by atoms with Gasteiger partial charge in [0.2, 0.25) is 5.91 Å². The van der Waals surface area contributed by atoms with Crippen molar-refractivity contribution in [1.29, 1.82) is 0 Å². The van der Waals surface area contributed by atoms with Gasteiger partial charge in [0.15, 0.2) is 0 Å². The Morgan fingerprint density at radius 2 is 2.09 bits per heavy atom. The number of amides is 1. The molecule has 0 aromatic heterocycles. The van der Waals surface area contributed by atoms with E-state index in [1.165, 1.54) is 12.2 Å². The van der Waals surface area contributed by atoms with Crippen molar-refractivity contribution in [1.82, 2.24) is 5.06 Å². The standard InChI is InChI=1S/C7H15NO3/c1-6(10-3)5-7(9)8(2)11-4/h6H,5H2,1-4H3. The average Bonchev–Trinajstić information content (AvgIpc) is 2.02. The summed E-state index contributed by atoms with van der Waals surface area (Å²) in [7, 11) is 4.60. The van der Waals surface area contributed by atoms with E-state index in [4.69, 9.17) is 4.74 Å². The molecule has 66 valence electrons. The van der Waals surface area contributed by atoms with Gasteiger partial charge in [-0.1, -0.05) is 0 Å². The third-order valence-electron chi connectivity index (χ3n) is 1.49. The first-order valence-corrected chi connectivity index (χ1v) is 3.45. The summed E-state index contributed by atoms with van der Waals surface area (Å²) in [4.78, 5) is 15.7. The Balaban J connectivity index is 3.68. The molecule has 0 radical (unpaired) electrons. The number of hydrogen-bond donors (Lipinski definition) is 0. The Hall–Kier alpha value is -0.610. The SMILES string of the molecule is COC(C)CC(=O)N(C)OC. The zero-order valence-corrected chi connectivity index (χ0v) is 7.46. The molecule has 0 aliphatic heterocycles. The van der Waals surface area contributed by atoms with Gasteiger partial charge >= 0.3 is 0 Å². The van der Waals surface area contributed by atoms with Gasteiger partial charge in [0.1, 0.15) is 0 Å². The normalized spacial score (nSPS) is 12.7. The van der Waals surface area contributed by atoms with Crippen molar-refractivity contribution in [2.75, 3.05) is 21.3 Å². The Morgan fingerprint density at radius 3 is 2.45 bits per heavy atom. The number of hydrogen-bond acceptors (Lipinski definition) is 3. The number of ether oxygens (including phenoxy) is 1. The molecule has 0 aliphatic carbocycles. The van der Waals surface area contributed by atoms with Gasteiger partial charge < -0.3 is 4.74 Å². The summed E-state index contributed by atoms with van der Waals surface area (Å²) in [5, 5.41) is 1.19. The van der Waals surface area contributed by atoms with Gasteiger partial charge in [0.25, 0.3) is 0 Å². The fourth-order valence-electron chi connectivity index (χ4n) is 0.560. The molecule has 0 N–H and O–H groups in total. The minimum Gasteiger partial charge on any atom is -0.381 e. The molecule has 0 aromatic carbocycles.